The zero-order valence-corrected chi connectivity index (χ0v) is 28.4. The van der Waals surface area contributed by atoms with Gasteiger partial charge in [0.1, 0.15) is 0 Å². The van der Waals surface area contributed by atoms with Crippen molar-refractivity contribution in [3.63, 3.8) is 0 Å². The average Bonchev–Trinajstić information content (AvgIpc) is 3.33. The number of carbonyl (C=O) groups is 1. The fourth-order valence-electron chi connectivity index (χ4n) is 9.23. The molecule has 0 spiro atoms. The molecule has 6 nitrogen and oxygen atoms in total. The predicted octanol–water partition coefficient (Wildman–Crippen LogP) is 6.33. The molecule has 0 radical (unpaired) electrons. The Morgan fingerprint density at radius 1 is 1.07 bits per heavy atom. The number of methoxy groups -OCH3 is 1. The van der Waals surface area contributed by atoms with E-state index in [0.717, 1.165) is 63.8 Å². The summed E-state index contributed by atoms with van der Waals surface area (Å²) < 4.78 is 5.47. The summed E-state index contributed by atoms with van der Waals surface area (Å²) in [5.74, 6) is 3.17. The lowest BCUT2D eigenvalue weighted by molar-refractivity contribution is -0.147. The van der Waals surface area contributed by atoms with Gasteiger partial charge in [-0.3, -0.25) is 15.1 Å². The highest BCUT2D eigenvalue weighted by Gasteiger charge is 2.53. The van der Waals surface area contributed by atoms with Gasteiger partial charge in [0.15, 0.2) is 0 Å². The number of halogens is 1. The highest BCUT2D eigenvalue weighted by molar-refractivity contribution is 9.09. The molecule has 2 aliphatic heterocycles. The van der Waals surface area contributed by atoms with E-state index in [-0.39, 0.29) is 12.0 Å². The van der Waals surface area contributed by atoms with E-state index in [9.17, 15) is 4.79 Å². The number of alkyl halides is 1. The fourth-order valence-corrected chi connectivity index (χ4v) is 9.81. The number of fused-ring (bicyclic) bond motifs is 1. The van der Waals surface area contributed by atoms with Crippen LogP contribution in [-0.4, -0.2) is 89.1 Å². The Kier molecular flexibility index (Phi) is 12.3. The van der Waals surface area contributed by atoms with Crippen LogP contribution in [0.1, 0.15) is 106 Å². The smallest absolute Gasteiger partial charge is 0.227 e. The van der Waals surface area contributed by atoms with Crippen LogP contribution < -0.4 is 5.43 Å². The SMILES string of the molecule is CCCC1NN(C2CCC(C(C)C)CC2)C2CCN(C(=O)C3CCC(Br)C(C)C3N(CC)CCOC)C(CC)C12. The van der Waals surface area contributed by atoms with Crippen molar-refractivity contribution in [2.45, 2.75) is 141 Å². The van der Waals surface area contributed by atoms with Gasteiger partial charge in [-0.1, -0.05) is 63.9 Å². The van der Waals surface area contributed by atoms with Crippen LogP contribution in [0.3, 0.4) is 0 Å². The number of hydrogen-bond donors (Lipinski definition) is 1. The van der Waals surface area contributed by atoms with Gasteiger partial charge in [0.05, 0.1) is 12.5 Å². The predicted molar refractivity (Wildman–Crippen MR) is 169 cm³/mol. The maximum absolute atomic E-state index is 14.6. The molecule has 2 saturated heterocycles. The molecule has 0 aromatic heterocycles. The van der Waals surface area contributed by atoms with Crippen LogP contribution >= 0.6 is 15.9 Å². The third kappa shape index (κ3) is 6.79. The number of nitrogens with zero attached hydrogens (tertiary/aromatic N) is 3. The number of nitrogens with one attached hydrogen (secondary N) is 1. The fraction of sp³-hybridized carbons (Fsp3) is 0.970. The molecule has 0 aromatic carbocycles. The first-order valence-corrected chi connectivity index (χ1v) is 17.9. The Labute approximate surface area is 254 Å². The van der Waals surface area contributed by atoms with E-state index in [1.165, 1.54) is 38.5 Å². The molecule has 8 atom stereocenters. The second-order valence-electron chi connectivity index (χ2n) is 13.9. The van der Waals surface area contributed by atoms with E-state index in [4.69, 9.17) is 4.74 Å². The first-order valence-electron chi connectivity index (χ1n) is 17.0. The Hall–Kier alpha value is -0.210. The second-order valence-corrected chi connectivity index (χ2v) is 15.0. The van der Waals surface area contributed by atoms with Gasteiger partial charge < -0.3 is 9.64 Å². The molecular weight excluding hydrogens is 564 g/mol. The number of ether oxygens (including phenoxy) is 1. The van der Waals surface area contributed by atoms with E-state index in [0.29, 0.717) is 46.7 Å². The van der Waals surface area contributed by atoms with Crippen LogP contribution in [0.15, 0.2) is 0 Å². The minimum absolute atomic E-state index is 0.0765. The molecule has 4 aliphatic rings. The number of likely N-dealkylation sites (tertiary alicyclic amines) is 1. The van der Waals surface area contributed by atoms with Crippen LogP contribution in [0.4, 0.5) is 0 Å². The molecule has 2 heterocycles. The van der Waals surface area contributed by atoms with E-state index >= 15 is 0 Å². The molecule has 7 heteroatoms. The average molecular weight is 626 g/mol. The number of carbonyl (C=O) groups excluding carboxylic acids is 1. The molecule has 4 fully saturated rings. The molecule has 40 heavy (non-hydrogen) atoms. The molecule has 8 unspecified atom stereocenters. The third-order valence-corrected chi connectivity index (χ3v) is 12.8. The standard InChI is InChI=1S/C33H61BrN4O2/c1-8-11-28-31-29(9-2)37(19-18-30(31)38(35-28)25-14-12-24(13-15-25)22(4)5)33(39)26-16-17-27(34)23(6)32(26)36(10-3)20-21-40-7/h22-32,35H,8-21H2,1-7H3. The largest absolute Gasteiger partial charge is 0.383 e. The van der Waals surface area contributed by atoms with E-state index < -0.39 is 0 Å². The van der Waals surface area contributed by atoms with E-state index in [2.05, 4.69) is 77.7 Å². The number of piperidine rings is 1. The lowest BCUT2D eigenvalue weighted by atomic mass is 9.73. The lowest BCUT2D eigenvalue weighted by Crippen LogP contribution is -2.61. The molecular formula is C33H61BrN4O2. The van der Waals surface area contributed by atoms with Gasteiger partial charge in [-0.05, 0) is 82.1 Å². The quantitative estimate of drug-likeness (QED) is 0.272. The molecule has 1 N–H and O–H groups in total. The molecule has 2 saturated carbocycles. The summed E-state index contributed by atoms with van der Waals surface area (Å²) >= 11 is 3.98. The van der Waals surface area contributed by atoms with Gasteiger partial charge in [-0.25, -0.2) is 5.01 Å². The van der Waals surface area contributed by atoms with Crippen molar-refractivity contribution in [1.29, 1.82) is 0 Å². The lowest BCUT2D eigenvalue weighted by Gasteiger charge is -2.50. The maximum Gasteiger partial charge on any atom is 0.227 e. The minimum Gasteiger partial charge on any atom is -0.383 e. The number of hydrogen-bond acceptors (Lipinski definition) is 5. The van der Waals surface area contributed by atoms with Gasteiger partial charge in [-0.2, -0.15) is 0 Å². The molecule has 232 valence electrons. The van der Waals surface area contributed by atoms with Crippen molar-refractivity contribution in [1.82, 2.24) is 20.2 Å². The summed E-state index contributed by atoms with van der Waals surface area (Å²) in [5.41, 5.74) is 4.09. The second kappa shape index (κ2) is 15.0. The summed E-state index contributed by atoms with van der Waals surface area (Å²) in [6, 6.07) is 2.30. The number of rotatable bonds is 11. The van der Waals surface area contributed by atoms with Crippen LogP contribution in [-0.2, 0) is 9.53 Å². The monoisotopic (exact) mass is 624 g/mol. The molecule has 0 aromatic rings. The van der Waals surface area contributed by atoms with E-state index in [1.54, 1.807) is 7.11 Å². The van der Waals surface area contributed by atoms with Crippen molar-refractivity contribution in [3.8, 4) is 0 Å². The summed E-state index contributed by atoms with van der Waals surface area (Å²) in [4.78, 5) is 20.0. The maximum atomic E-state index is 14.6. The Bertz CT molecular complexity index is 790. The molecule has 2 aliphatic carbocycles. The van der Waals surface area contributed by atoms with Crippen molar-refractivity contribution in [2.24, 2.45) is 29.6 Å². The van der Waals surface area contributed by atoms with Crippen LogP contribution in [0.5, 0.6) is 0 Å². The molecule has 0 bridgehead atoms. The highest BCUT2D eigenvalue weighted by Crippen LogP contribution is 2.44. The first-order chi connectivity index (χ1) is 19.3. The van der Waals surface area contributed by atoms with Crippen molar-refractivity contribution in [3.05, 3.63) is 0 Å². The highest BCUT2D eigenvalue weighted by atomic mass is 79.9. The van der Waals surface area contributed by atoms with Crippen molar-refractivity contribution < 1.29 is 9.53 Å². The van der Waals surface area contributed by atoms with Crippen LogP contribution in [0, 0.1) is 29.6 Å². The first kappa shape index (κ1) is 32.7. The normalized spacial score (nSPS) is 39.2. The topological polar surface area (TPSA) is 48.0 Å². The van der Waals surface area contributed by atoms with Crippen molar-refractivity contribution >= 4 is 21.8 Å². The third-order valence-electron chi connectivity index (χ3n) is 11.5. The van der Waals surface area contributed by atoms with Crippen LogP contribution in [0.2, 0.25) is 0 Å². The Morgan fingerprint density at radius 2 is 1.80 bits per heavy atom. The Morgan fingerprint density at radius 3 is 2.40 bits per heavy atom. The number of hydrazine groups is 1. The zero-order chi connectivity index (χ0) is 29.0. The minimum atomic E-state index is 0.0765. The van der Waals surface area contributed by atoms with Gasteiger partial charge in [0, 0.05) is 61.2 Å². The van der Waals surface area contributed by atoms with Gasteiger partial charge in [0.2, 0.25) is 5.91 Å². The van der Waals surface area contributed by atoms with Crippen molar-refractivity contribution in [2.75, 3.05) is 33.4 Å². The Balaban J connectivity index is 1.54. The number of likely N-dealkylation sites (N-methyl/N-ethyl adjacent to an activating group) is 1. The molecule has 4 rings (SSSR count). The molecule has 1 amide bonds. The van der Waals surface area contributed by atoms with Gasteiger partial charge in [0.25, 0.3) is 0 Å². The summed E-state index contributed by atoms with van der Waals surface area (Å²) in [7, 11) is 1.78. The summed E-state index contributed by atoms with van der Waals surface area (Å²) in [5, 5.41) is 2.73. The number of amides is 1. The van der Waals surface area contributed by atoms with Gasteiger partial charge >= 0.3 is 0 Å². The zero-order valence-electron chi connectivity index (χ0n) is 26.8. The van der Waals surface area contributed by atoms with Gasteiger partial charge in [-0.15, -0.1) is 0 Å². The van der Waals surface area contributed by atoms with Crippen LogP contribution in [0.25, 0.3) is 0 Å². The summed E-state index contributed by atoms with van der Waals surface area (Å²) in [6.07, 6.45) is 12.0. The summed E-state index contributed by atoms with van der Waals surface area (Å²) in [6.45, 7) is 17.5. The van der Waals surface area contributed by atoms with E-state index in [1.807, 2.05) is 0 Å².